The Hall–Kier alpha value is -0.940. The fourth-order valence-electron chi connectivity index (χ4n) is 3.07. The molecule has 5 heteroatoms. The van der Waals surface area contributed by atoms with Crippen molar-refractivity contribution in [3.63, 3.8) is 0 Å². The molecule has 0 saturated carbocycles. The van der Waals surface area contributed by atoms with Crippen molar-refractivity contribution < 1.29 is 14.3 Å². The zero-order valence-electron chi connectivity index (χ0n) is 15.1. The van der Waals surface area contributed by atoms with Crippen molar-refractivity contribution >= 4 is 11.7 Å². The topological polar surface area (TPSA) is 58.6 Å². The molecule has 0 unspecified atom stereocenters. The normalized spacial score (nSPS) is 21.5. The Morgan fingerprint density at radius 3 is 2.48 bits per heavy atom. The SMILES string of the molecule is CCOC[C@@H]1C[C@@H](NC(=O)CCCCCCC(=O)CC)CN1C. The molecule has 0 radical (unpaired) electrons. The molecule has 5 nitrogen and oxygen atoms in total. The Bertz CT molecular complexity index is 360. The number of ether oxygens (including phenoxy) is 1. The number of carbonyl (C=O) groups excluding carboxylic acids is 2. The first kappa shape index (κ1) is 20.1. The molecule has 1 heterocycles. The number of hydrogen-bond donors (Lipinski definition) is 1. The average Bonchev–Trinajstić information content (AvgIpc) is 2.87. The van der Waals surface area contributed by atoms with E-state index in [-0.39, 0.29) is 11.9 Å². The number of nitrogens with one attached hydrogen (secondary N) is 1. The number of unbranched alkanes of at least 4 members (excludes halogenated alkanes) is 3. The van der Waals surface area contributed by atoms with Gasteiger partial charge in [0.1, 0.15) is 5.78 Å². The highest BCUT2D eigenvalue weighted by Crippen LogP contribution is 2.16. The van der Waals surface area contributed by atoms with E-state index < -0.39 is 0 Å². The summed E-state index contributed by atoms with van der Waals surface area (Å²) in [7, 11) is 2.09. The summed E-state index contributed by atoms with van der Waals surface area (Å²) in [6, 6.07) is 0.663. The van der Waals surface area contributed by atoms with Gasteiger partial charge in [-0.1, -0.05) is 19.8 Å². The van der Waals surface area contributed by atoms with E-state index in [1.165, 1.54) is 0 Å². The third-order valence-corrected chi connectivity index (χ3v) is 4.57. The summed E-state index contributed by atoms with van der Waals surface area (Å²) >= 11 is 0. The van der Waals surface area contributed by atoms with Crippen LogP contribution in [-0.4, -0.2) is 55.5 Å². The van der Waals surface area contributed by atoms with Crippen molar-refractivity contribution in [2.24, 2.45) is 0 Å². The lowest BCUT2D eigenvalue weighted by Gasteiger charge is -2.17. The largest absolute Gasteiger partial charge is 0.380 e. The molecule has 0 aromatic carbocycles. The van der Waals surface area contributed by atoms with Crippen LogP contribution in [-0.2, 0) is 14.3 Å². The van der Waals surface area contributed by atoms with E-state index in [0.29, 0.717) is 31.1 Å². The molecule has 23 heavy (non-hydrogen) atoms. The second-order valence-corrected chi connectivity index (χ2v) is 6.56. The van der Waals surface area contributed by atoms with Crippen LogP contribution in [0.4, 0.5) is 0 Å². The fraction of sp³-hybridized carbons (Fsp3) is 0.889. The van der Waals surface area contributed by atoms with Crippen LogP contribution in [0.3, 0.4) is 0 Å². The lowest BCUT2D eigenvalue weighted by molar-refractivity contribution is -0.122. The van der Waals surface area contributed by atoms with Gasteiger partial charge in [0.2, 0.25) is 5.91 Å². The molecular formula is C18H34N2O3. The van der Waals surface area contributed by atoms with Gasteiger partial charge < -0.3 is 10.1 Å². The molecule has 1 rings (SSSR count). The van der Waals surface area contributed by atoms with E-state index in [0.717, 1.165) is 51.9 Å². The van der Waals surface area contributed by atoms with Crippen LogP contribution in [0.1, 0.15) is 65.2 Å². The number of Topliss-reactive ketones (excluding diaryl/α,β-unsaturated/α-hetero) is 1. The number of ketones is 1. The summed E-state index contributed by atoms with van der Waals surface area (Å²) in [5, 5.41) is 3.14. The van der Waals surface area contributed by atoms with E-state index in [4.69, 9.17) is 4.74 Å². The minimum absolute atomic E-state index is 0.157. The standard InChI is InChI=1S/C18H34N2O3/c1-4-17(21)10-8-6-7-9-11-18(22)19-15-12-16(14-23-5-2)20(3)13-15/h15-16H,4-14H2,1-3H3,(H,19,22)/t15-,16+/m1/s1. The predicted molar refractivity (Wildman–Crippen MR) is 92.5 cm³/mol. The molecule has 0 bridgehead atoms. The first-order valence-electron chi connectivity index (χ1n) is 9.15. The van der Waals surface area contributed by atoms with Crippen molar-refractivity contribution in [3.8, 4) is 0 Å². The molecule has 0 spiro atoms. The van der Waals surface area contributed by atoms with Crippen molar-refractivity contribution in [2.75, 3.05) is 26.8 Å². The second kappa shape index (κ2) is 11.6. The number of amides is 1. The Morgan fingerprint density at radius 2 is 1.83 bits per heavy atom. The van der Waals surface area contributed by atoms with Crippen LogP contribution in [0.5, 0.6) is 0 Å². The second-order valence-electron chi connectivity index (χ2n) is 6.56. The fourth-order valence-corrected chi connectivity index (χ4v) is 3.07. The Kier molecular flexibility index (Phi) is 10.1. The zero-order chi connectivity index (χ0) is 17.1. The quantitative estimate of drug-likeness (QED) is 0.560. The van der Waals surface area contributed by atoms with Crippen LogP contribution in [0.2, 0.25) is 0 Å². The van der Waals surface area contributed by atoms with Crippen LogP contribution in [0.15, 0.2) is 0 Å². The molecule has 0 aliphatic carbocycles. The number of likely N-dealkylation sites (N-methyl/N-ethyl adjacent to an activating group) is 1. The van der Waals surface area contributed by atoms with E-state index in [1.54, 1.807) is 0 Å². The van der Waals surface area contributed by atoms with Crippen molar-refractivity contribution in [1.82, 2.24) is 10.2 Å². The number of hydrogen-bond acceptors (Lipinski definition) is 4. The molecule has 0 aromatic rings. The lowest BCUT2D eigenvalue weighted by Crippen LogP contribution is -2.36. The van der Waals surface area contributed by atoms with Crippen molar-refractivity contribution in [1.29, 1.82) is 0 Å². The smallest absolute Gasteiger partial charge is 0.220 e. The molecule has 1 amide bonds. The molecule has 134 valence electrons. The van der Waals surface area contributed by atoms with Crippen LogP contribution < -0.4 is 5.32 Å². The summed E-state index contributed by atoms with van der Waals surface area (Å²) < 4.78 is 5.49. The van der Waals surface area contributed by atoms with Gasteiger partial charge in [-0.25, -0.2) is 0 Å². The van der Waals surface area contributed by atoms with Gasteiger partial charge in [-0.15, -0.1) is 0 Å². The van der Waals surface area contributed by atoms with Crippen LogP contribution in [0.25, 0.3) is 0 Å². The molecule has 1 aliphatic rings. The van der Waals surface area contributed by atoms with Gasteiger partial charge in [-0.05, 0) is 33.2 Å². The number of likely N-dealkylation sites (tertiary alicyclic amines) is 1. The molecular weight excluding hydrogens is 292 g/mol. The number of rotatable bonds is 12. The van der Waals surface area contributed by atoms with Gasteiger partial charge in [-0.2, -0.15) is 0 Å². The monoisotopic (exact) mass is 326 g/mol. The van der Waals surface area contributed by atoms with Gasteiger partial charge in [0.05, 0.1) is 6.61 Å². The first-order valence-corrected chi connectivity index (χ1v) is 9.15. The number of carbonyl (C=O) groups is 2. The third kappa shape index (κ3) is 8.47. The molecule has 0 aromatic heterocycles. The summed E-state index contributed by atoms with van der Waals surface area (Å²) in [5.41, 5.74) is 0. The Morgan fingerprint density at radius 1 is 1.13 bits per heavy atom. The van der Waals surface area contributed by atoms with E-state index in [2.05, 4.69) is 17.3 Å². The molecule has 1 saturated heterocycles. The lowest BCUT2D eigenvalue weighted by atomic mass is 10.1. The van der Waals surface area contributed by atoms with Crippen LogP contribution >= 0.6 is 0 Å². The molecule has 1 fully saturated rings. The van der Waals surface area contributed by atoms with E-state index in [1.807, 2.05) is 13.8 Å². The zero-order valence-corrected chi connectivity index (χ0v) is 15.1. The Labute approximate surface area is 141 Å². The number of nitrogens with zero attached hydrogens (tertiary/aromatic N) is 1. The van der Waals surface area contributed by atoms with Crippen molar-refractivity contribution in [3.05, 3.63) is 0 Å². The summed E-state index contributed by atoms with van der Waals surface area (Å²) in [6.45, 7) is 6.31. The highest BCUT2D eigenvalue weighted by atomic mass is 16.5. The highest BCUT2D eigenvalue weighted by Gasteiger charge is 2.30. The minimum atomic E-state index is 0.157. The summed E-state index contributed by atoms with van der Waals surface area (Å²) in [4.78, 5) is 25.5. The maximum atomic E-state index is 12.0. The van der Waals surface area contributed by atoms with E-state index in [9.17, 15) is 9.59 Å². The average molecular weight is 326 g/mol. The maximum absolute atomic E-state index is 12.0. The predicted octanol–water partition coefficient (Wildman–Crippen LogP) is 2.53. The van der Waals surface area contributed by atoms with Gasteiger partial charge in [0.15, 0.2) is 0 Å². The highest BCUT2D eigenvalue weighted by molar-refractivity contribution is 5.77. The third-order valence-electron chi connectivity index (χ3n) is 4.57. The molecule has 2 atom stereocenters. The van der Waals surface area contributed by atoms with Gasteiger partial charge in [0, 0.05) is 44.5 Å². The first-order chi connectivity index (χ1) is 11.1. The van der Waals surface area contributed by atoms with Gasteiger partial charge >= 0.3 is 0 Å². The van der Waals surface area contributed by atoms with Crippen LogP contribution in [0, 0.1) is 0 Å². The summed E-state index contributed by atoms with van der Waals surface area (Å²) in [6.07, 6.45) is 6.85. The van der Waals surface area contributed by atoms with Crippen molar-refractivity contribution in [2.45, 2.75) is 77.3 Å². The minimum Gasteiger partial charge on any atom is -0.380 e. The van der Waals surface area contributed by atoms with E-state index >= 15 is 0 Å². The molecule has 1 N–H and O–H groups in total. The van der Waals surface area contributed by atoms with Gasteiger partial charge in [-0.3, -0.25) is 14.5 Å². The summed E-state index contributed by atoms with van der Waals surface area (Å²) in [5.74, 6) is 0.500. The maximum Gasteiger partial charge on any atom is 0.220 e. The Balaban J connectivity index is 2.07. The van der Waals surface area contributed by atoms with Gasteiger partial charge in [0.25, 0.3) is 0 Å². The molecule has 1 aliphatic heterocycles.